The van der Waals surface area contributed by atoms with Crippen LogP contribution in [-0.2, 0) is 16.1 Å². The lowest BCUT2D eigenvalue weighted by Crippen LogP contribution is -2.42. The molecule has 7 nitrogen and oxygen atoms in total. The first-order valence-corrected chi connectivity index (χ1v) is 10.3. The topological polar surface area (TPSA) is 80.8 Å². The molecule has 0 aliphatic carbocycles. The van der Waals surface area contributed by atoms with Gasteiger partial charge in [0.25, 0.3) is 5.91 Å². The van der Waals surface area contributed by atoms with Gasteiger partial charge in [0, 0.05) is 57.5 Å². The van der Waals surface area contributed by atoms with Crippen LogP contribution in [0.1, 0.15) is 40.7 Å². The standard InChI is InChI=1S/C23H29N3O4/c1-17-15-24-11-7-19(17)16-25-23(28)18-3-5-20(6-4-18)30-21-8-12-26(13-9-21)22(27)10-14-29-2/h3-7,11,15,21H,8-10,12-14,16H2,1-2H3,(H,25,28). The zero-order valence-electron chi connectivity index (χ0n) is 17.6. The number of pyridine rings is 1. The largest absolute Gasteiger partial charge is 0.490 e. The molecule has 0 unspecified atom stereocenters. The van der Waals surface area contributed by atoms with Gasteiger partial charge in [-0.05, 0) is 48.4 Å². The molecule has 1 aliphatic heterocycles. The molecular formula is C23H29N3O4. The summed E-state index contributed by atoms with van der Waals surface area (Å²) in [6, 6.07) is 9.09. The molecule has 1 aromatic carbocycles. The second kappa shape index (κ2) is 10.7. The number of aryl methyl sites for hydroxylation is 1. The summed E-state index contributed by atoms with van der Waals surface area (Å²) in [7, 11) is 1.60. The van der Waals surface area contributed by atoms with Gasteiger partial charge in [0.1, 0.15) is 11.9 Å². The number of nitrogens with zero attached hydrogens (tertiary/aromatic N) is 2. The average Bonchev–Trinajstić information content (AvgIpc) is 2.77. The number of hydrogen-bond donors (Lipinski definition) is 1. The summed E-state index contributed by atoms with van der Waals surface area (Å²) in [6.45, 7) is 4.29. The van der Waals surface area contributed by atoms with Crippen molar-refractivity contribution in [2.75, 3.05) is 26.8 Å². The molecule has 2 heterocycles. The van der Waals surface area contributed by atoms with Crippen molar-refractivity contribution in [1.29, 1.82) is 0 Å². The van der Waals surface area contributed by atoms with Gasteiger partial charge in [-0.25, -0.2) is 0 Å². The smallest absolute Gasteiger partial charge is 0.251 e. The first-order chi connectivity index (χ1) is 14.6. The highest BCUT2D eigenvalue weighted by molar-refractivity contribution is 5.94. The summed E-state index contributed by atoms with van der Waals surface area (Å²) in [5.41, 5.74) is 2.69. The number of likely N-dealkylation sites (tertiary alicyclic amines) is 1. The first-order valence-electron chi connectivity index (χ1n) is 10.3. The van der Waals surface area contributed by atoms with Gasteiger partial charge in [-0.15, -0.1) is 0 Å². The van der Waals surface area contributed by atoms with E-state index in [9.17, 15) is 9.59 Å². The molecule has 7 heteroatoms. The number of hydrogen-bond acceptors (Lipinski definition) is 5. The number of benzene rings is 1. The second-order valence-electron chi connectivity index (χ2n) is 7.45. The van der Waals surface area contributed by atoms with E-state index in [1.165, 1.54) is 0 Å². The molecule has 1 saturated heterocycles. The molecule has 1 fully saturated rings. The molecule has 2 aromatic rings. The molecular weight excluding hydrogens is 382 g/mol. The minimum atomic E-state index is -0.124. The molecule has 2 amide bonds. The Morgan fingerprint density at radius 2 is 1.90 bits per heavy atom. The van der Waals surface area contributed by atoms with E-state index in [1.807, 2.05) is 30.0 Å². The number of amides is 2. The number of aromatic nitrogens is 1. The predicted molar refractivity (Wildman–Crippen MR) is 113 cm³/mol. The normalized spacial score (nSPS) is 14.4. The number of nitrogens with one attached hydrogen (secondary N) is 1. The van der Waals surface area contributed by atoms with E-state index in [0.29, 0.717) is 38.2 Å². The molecule has 0 bridgehead atoms. The third kappa shape index (κ3) is 6.03. The number of carbonyl (C=O) groups is 2. The van der Waals surface area contributed by atoms with Crippen LogP contribution < -0.4 is 10.1 Å². The van der Waals surface area contributed by atoms with E-state index in [2.05, 4.69) is 10.3 Å². The monoisotopic (exact) mass is 411 g/mol. The van der Waals surface area contributed by atoms with Gasteiger partial charge in [0.2, 0.25) is 5.91 Å². The highest BCUT2D eigenvalue weighted by atomic mass is 16.5. The van der Waals surface area contributed by atoms with Crippen molar-refractivity contribution < 1.29 is 19.1 Å². The molecule has 0 atom stereocenters. The van der Waals surface area contributed by atoms with E-state index in [1.54, 1.807) is 31.6 Å². The Kier molecular flexibility index (Phi) is 7.79. The molecule has 1 aromatic heterocycles. The summed E-state index contributed by atoms with van der Waals surface area (Å²) >= 11 is 0. The Morgan fingerprint density at radius 3 is 2.57 bits per heavy atom. The number of rotatable bonds is 8. The maximum Gasteiger partial charge on any atom is 0.251 e. The molecule has 30 heavy (non-hydrogen) atoms. The molecule has 0 radical (unpaired) electrons. The van der Waals surface area contributed by atoms with Gasteiger partial charge in [-0.2, -0.15) is 0 Å². The third-order valence-corrected chi connectivity index (χ3v) is 5.31. The van der Waals surface area contributed by atoms with Crippen molar-refractivity contribution in [2.45, 2.75) is 38.8 Å². The van der Waals surface area contributed by atoms with Crippen molar-refractivity contribution in [1.82, 2.24) is 15.2 Å². The molecule has 1 N–H and O–H groups in total. The predicted octanol–water partition coefficient (Wildman–Crippen LogP) is 2.73. The minimum absolute atomic E-state index is 0.0748. The number of carbonyl (C=O) groups excluding carboxylic acids is 2. The van der Waals surface area contributed by atoms with Crippen LogP contribution in [0.25, 0.3) is 0 Å². The summed E-state index contributed by atoms with van der Waals surface area (Å²) in [4.78, 5) is 30.4. The highest BCUT2D eigenvalue weighted by Crippen LogP contribution is 2.20. The van der Waals surface area contributed by atoms with Crippen LogP contribution in [0.5, 0.6) is 5.75 Å². The zero-order chi connectivity index (χ0) is 21.3. The van der Waals surface area contributed by atoms with Gasteiger partial charge in [0.15, 0.2) is 0 Å². The van der Waals surface area contributed by atoms with E-state index in [-0.39, 0.29) is 17.9 Å². The fourth-order valence-electron chi connectivity index (χ4n) is 3.43. The van der Waals surface area contributed by atoms with Gasteiger partial charge in [-0.3, -0.25) is 14.6 Å². The van der Waals surface area contributed by atoms with Crippen molar-refractivity contribution in [3.05, 3.63) is 59.4 Å². The minimum Gasteiger partial charge on any atom is -0.490 e. The van der Waals surface area contributed by atoms with Crippen molar-refractivity contribution >= 4 is 11.8 Å². The molecule has 160 valence electrons. The van der Waals surface area contributed by atoms with Gasteiger partial charge in [-0.1, -0.05) is 0 Å². The molecule has 3 rings (SSSR count). The van der Waals surface area contributed by atoms with Crippen molar-refractivity contribution in [2.24, 2.45) is 0 Å². The van der Waals surface area contributed by atoms with Crippen molar-refractivity contribution in [3.8, 4) is 5.75 Å². The molecule has 0 saturated carbocycles. The van der Waals surface area contributed by atoms with E-state index in [4.69, 9.17) is 9.47 Å². The summed E-state index contributed by atoms with van der Waals surface area (Å²) < 4.78 is 11.0. The van der Waals surface area contributed by atoms with Crippen molar-refractivity contribution in [3.63, 3.8) is 0 Å². The molecule has 1 aliphatic rings. The van der Waals surface area contributed by atoms with Gasteiger partial charge < -0.3 is 19.7 Å². The Morgan fingerprint density at radius 1 is 1.17 bits per heavy atom. The maximum absolute atomic E-state index is 12.4. The Hall–Kier alpha value is -2.93. The van der Waals surface area contributed by atoms with Crippen LogP contribution in [0.2, 0.25) is 0 Å². The van der Waals surface area contributed by atoms with E-state index < -0.39 is 0 Å². The lowest BCUT2D eigenvalue weighted by atomic mass is 10.1. The first kappa shape index (κ1) is 21.8. The van der Waals surface area contributed by atoms with Crippen LogP contribution in [0.4, 0.5) is 0 Å². The maximum atomic E-state index is 12.4. The summed E-state index contributed by atoms with van der Waals surface area (Å²) in [5.74, 6) is 0.744. The van der Waals surface area contributed by atoms with E-state index >= 15 is 0 Å². The SMILES string of the molecule is COCCC(=O)N1CCC(Oc2ccc(C(=O)NCc3ccncc3C)cc2)CC1. The number of piperidine rings is 1. The quantitative estimate of drug-likeness (QED) is 0.722. The number of ether oxygens (including phenoxy) is 2. The average molecular weight is 412 g/mol. The lowest BCUT2D eigenvalue weighted by Gasteiger charge is -2.32. The zero-order valence-corrected chi connectivity index (χ0v) is 17.6. The summed E-state index contributed by atoms with van der Waals surface area (Å²) in [6.07, 6.45) is 5.60. The van der Waals surface area contributed by atoms with Crippen LogP contribution in [0, 0.1) is 6.92 Å². The Balaban J connectivity index is 1.45. The van der Waals surface area contributed by atoms with Crippen LogP contribution in [-0.4, -0.2) is 54.6 Å². The Bertz CT molecular complexity index is 846. The fourth-order valence-corrected chi connectivity index (χ4v) is 3.43. The van der Waals surface area contributed by atoms with Gasteiger partial charge in [0.05, 0.1) is 13.0 Å². The fraction of sp³-hybridized carbons (Fsp3) is 0.435. The Labute approximate surface area is 177 Å². The summed E-state index contributed by atoms with van der Waals surface area (Å²) in [5, 5.41) is 2.93. The highest BCUT2D eigenvalue weighted by Gasteiger charge is 2.23. The third-order valence-electron chi connectivity index (χ3n) is 5.31. The van der Waals surface area contributed by atoms with E-state index in [0.717, 1.165) is 29.7 Å². The lowest BCUT2D eigenvalue weighted by molar-refractivity contribution is -0.133. The van der Waals surface area contributed by atoms with Crippen LogP contribution in [0.3, 0.4) is 0 Å². The molecule has 0 spiro atoms. The van der Waals surface area contributed by atoms with Crippen LogP contribution >= 0.6 is 0 Å². The second-order valence-corrected chi connectivity index (χ2v) is 7.45. The van der Waals surface area contributed by atoms with Gasteiger partial charge >= 0.3 is 0 Å². The van der Waals surface area contributed by atoms with Crippen LogP contribution in [0.15, 0.2) is 42.7 Å². The number of methoxy groups -OCH3 is 1.